The van der Waals surface area contributed by atoms with Crippen LogP contribution in [0.25, 0.3) is 10.9 Å². The van der Waals surface area contributed by atoms with Gasteiger partial charge in [-0.25, -0.2) is 4.79 Å². The van der Waals surface area contributed by atoms with Crippen molar-refractivity contribution in [3.63, 3.8) is 0 Å². The highest BCUT2D eigenvalue weighted by atomic mass is 32.2. The Balaban J connectivity index is 1.72. The average molecular weight is 343 g/mol. The van der Waals surface area contributed by atoms with Crippen molar-refractivity contribution < 1.29 is 19.1 Å². The number of aliphatic imine (C=N–C) groups is 1. The topological polar surface area (TPSA) is 97.7 Å². The highest BCUT2D eigenvalue weighted by Crippen LogP contribution is 2.19. The molecule has 2 heterocycles. The molecule has 0 atom stereocenters. The Morgan fingerprint density at radius 3 is 2.92 bits per heavy atom. The van der Waals surface area contributed by atoms with Crippen LogP contribution < -0.4 is 5.32 Å². The number of benzene rings is 1. The molecule has 0 unspecified atom stereocenters. The molecule has 1 saturated heterocycles. The van der Waals surface area contributed by atoms with Gasteiger partial charge in [-0.2, -0.15) is 4.99 Å². The number of esters is 1. The first-order valence-electron chi connectivity index (χ1n) is 7.10. The van der Waals surface area contributed by atoms with E-state index in [1.807, 2.05) is 6.07 Å². The number of pyridine rings is 1. The van der Waals surface area contributed by atoms with E-state index in [4.69, 9.17) is 4.74 Å². The fourth-order valence-corrected chi connectivity index (χ4v) is 2.91. The van der Waals surface area contributed by atoms with Crippen LogP contribution in [0.4, 0.5) is 0 Å². The van der Waals surface area contributed by atoms with E-state index in [0.717, 1.165) is 11.8 Å². The third-order valence-electron chi connectivity index (χ3n) is 3.20. The summed E-state index contributed by atoms with van der Waals surface area (Å²) < 4.78 is 5.04. The van der Waals surface area contributed by atoms with E-state index in [2.05, 4.69) is 15.3 Å². The molecule has 0 aliphatic carbocycles. The van der Waals surface area contributed by atoms with Gasteiger partial charge in [-0.15, -0.1) is 0 Å². The molecule has 7 nitrogen and oxygen atoms in total. The van der Waals surface area contributed by atoms with Gasteiger partial charge in [0.05, 0.1) is 16.8 Å². The first-order valence-corrected chi connectivity index (χ1v) is 8.09. The summed E-state index contributed by atoms with van der Waals surface area (Å²) in [6.45, 7) is 1.29. The Morgan fingerprint density at radius 1 is 1.38 bits per heavy atom. The molecular weight excluding hydrogens is 330 g/mol. The SMILES string of the molecule is Cc1cc(C(=O)OCC(=O)N=C2NC(=O)CS2)c2ccccc2n1. The molecule has 0 spiro atoms. The maximum atomic E-state index is 12.3. The number of fused-ring (bicyclic) bond motifs is 1. The van der Waals surface area contributed by atoms with Crippen LogP contribution in [0.15, 0.2) is 35.3 Å². The highest BCUT2D eigenvalue weighted by Gasteiger charge is 2.19. The van der Waals surface area contributed by atoms with Gasteiger partial charge < -0.3 is 10.1 Å². The molecule has 0 radical (unpaired) electrons. The van der Waals surface area contributed by atoms with Gasteiger partial charge in [-0.3, -0.25) is 14.6 Å². The molecule has 0 saturated carbocycles. The van der Waals surface area contributed by atoms with Crippen LogP contribution >= 0.6 is 11.8 Å². The summed E-state index contributed by atoms with van der Waals surface area (Å²) in [7, 11) is 0. The van der Waals surface area contributed by atoms with Crippen molar-refractivity contribution in [3.05, 3.63) is 41.6 Å². The van der Waals surface area contributed by atoms with Gasteiger partial charge in [0.2, 0.25) is 5.91 Å². The molecular formula is C16H13N3O4S. The lowest BCUT2D eigenvalue weighted by Crippen LogP contribution is -2.22. The molecule has 1 N–H and O–H groups in total. The van der Waals surface area contributed by atoms with Crippen molar-refractivity contribution in [1.29, 1.82) is 0 Å². The number of thioether (sulfide) groups is 1. The third kappa shape index (κ3) is 3.60. The molecule has 1 aromatic carbocycles. The highest BCUT2D eigenvalue weighted by molar-refractivity contribution is 8.15. The van der Waals surface area contributed by atoms with Gasteiger partial charge in [0.15, 0.2) is 11.8 Å². The fourth-order valence-electron chi connectivity index (χ4n) is 2.21. The summed E-state index contributed by atoms with van der Waals surface area (Å²) in [4.78, 5) is 43.1. The van der Waals surface area contributed by atoms with Crippen molar-refractivity contribution in [2.24, 2.45) is 4.99 Å². The number of hydrogen-bond donors (Lipinski definition) is 1. The van der Waals surface area contributed by atoms with Crippen LogP contribution in [0.2, 0.25) is 0 Å². The second-order valence-electron chi connectivity index (χ2n) is 5.05. The predicted octanol–water partition coefficient (Wildman–Crippen LogP) is 1.45. The van der Waals surface area contributed by atoms with Gasteiger partial charge in [0.25, 0.3) is 5.91 Å². The second kappa shape index (κ2) is 6.79. The number of para-hydroxylation sites is 1. The van der Waals surface area contributed by atoms with E-state index in [1.54, 1.807) is 31.2 Å². The van der Waals surface area contributed by atoms with Crippen LogP contribution in [0, 0.1) is 6.92 Å². The van der Waals surface area contributed by atoms with E-state index in [1.165, 1.54) is 0 Å². The van der Waals surface area contributed by atoms with Crippen molar-refractivity contribution >= 4 is 45.6 Å². The van der Waals surface area contributed by atoms with Gasteiger partial charge in [-0.05, 0) is 19.1 Å². The number of nitrogens with zero attached hydrogens (tertiary/aromatic N) is 2. The molecule has 3 rings (SSSR count). The average Bonchev–Trinajstić information content (AvgIpc) is 2.96. The van der Waals surface area contributed by atoms with Crippen molar-refractivity contribution in [3.8, 4) is 0 Å². The third-order valence-corrected chi connectivity index (χ3v) is 4.08. The Labute approximate surface area is 141 Å². The standard InChI is InChI=1S/C16H13N3O4S/c1-9-6-11(10-4-2-3-5-12(10)17-9)15(22)23-7-13(20)18-16-19-14(21)8-24-16/h2-6H,7-8H2,1H3,(H,18,19,20,21). The van der Waals surface area contributed by atoms with E-state index in [9.17, 15) is 14.4 Å². The van der Waals surface area contributed by atoms with Crippen LogP contribution in [-0.2, 0) is 14.3 Å². The summed E-state index contributed by atoms with van der Waals surface area (Å²) in [6, 6.07) is 8.82. The number of carbonyl (C=O) groups excluding carboxylic acids is 3. The normalized spacial score (nSPS) is 15.5. The molecule has 8 heteroatoms. The summed E-state index contributed by atoms with van der Waals surface area (Å²) in [6.07, 6.45) is 0. The summed E-state index contributed by atoms with van der Waals surface area (Å²) in [5.74, 6) is -1.23. The number of amidine groups is 1. The molecule has 24 heavy (non-hydrogen) atoms. The lowest BCUT2D eigenvalue weighted by molar-refractivity contribution is -0.120. The quantitative estimate of drug-likeness (QED) is 0.847. The maximum Gasteiger partial charge on any atom is 0.339 e. The summed E-state index contributed by atoms with van der Waals surface area (Å²) in [5, 5.41) is 3.33. The smallest absolute Gasteiger partial charge is 0.339 e. The van der Waals surface area contributed by atoms with Crippen molar-refractivity contribution in [2.75, 3.05) is 12.4 Å². The zero-order valence-electron chi connectivity index (χ0n) is 12.7. The zero-order valence-corrected chi connectivity index (χ0v) is 13.6. The largest absolute Gasteiger partial charge is 0.452 e. The van der Waals surface area contributed by atoms with Crippen LogP contribution in [0.5, 0.6) is 0 Å². The Hall–Kier alpha value is -2.74. The molecule has 122 valence electrons. The zero-order chi connectivity index (χ0) is 17.1. The first kappa shape index (κ1) is 16.1. The molecule has 2 aromatic rings. The monoisotopic (exact) mass is 343 g/mol. The number of rotatable bonds is 3. The number of aryl methyl sites for hydroxylation is 1. The maximum absolute atomic E-state index is 12.3. The van der Waals surface area contributed by atoms with Gasteiger partial charge in [0.1, 0.15) is 0 Å². The number of hydrogen-bond acceptors (Lipinski definition) is 6. The second-order valence-corrected chi connectivity index (χ2v) is 6.02. The van der Waals surface area contributed by atoms with E-state index in [-0.39, 0.29) is 16.8 Å². The lowest BCUT2D eigenvalue weighted by atomic mass is 10.1. The Bertz CT molecular complexity index is 879. The van der Waals surface area contributed by atoms with Crippen molar-refractivity contribution in [2.45, 2.75) is 6.92 Å². The molecule has 1 aromatic heterocycles. The van der Waals surface area contributed by atoms with Gasteiger partial charge in [0, 0.05) is 11.1 Å². The van der Waals surface area contributed by atoms with Crippen LogP contribution in [0.3, 0.4) is 0 Å². The fraction of sp³-hybridized carbons (Fsp3) is 0.188. The number of carbonyl (C=O) groups is 3. The summed E-state index contributed by atoms with van der Waals surface area (Å²) >= 11 is 1.13. The minimum absolute atomic E-state index is 0.206. The first-order chi connectivity index (χ1) is 11.5. The minimum Gasteiger partial charge on any atom is -0.452 e. The van der Waals surface area contributed by atoms with Crippen LogP contribution in [0.1, 0.15) is 16.1 Å². The lowest BCUT2D eigenvalue weighted by Gasteiger charge is -2.07. The van der Waals surface area contributed by atoms with Crippen molar-refractivity contribution in [1.82, 2.24) is 10.3 Å². The van der Waals surface area contributed by atoms with Gasteiger partial charge in [-0.1, -0.05) is 30.0 Å². The number of ether oxygens (including phenoxy) is 1. The number of nitrogens with one attached hydrogen (secondary N) is 1. The molecule has 1 aliphatic rings. The number of amides is 2. The molecule has 2 amide bonds. The minimum atomic E-state index is -0.636. The van der Waals surface area contributed by atoms with E-state index >= 15 is 0 Å². The molecule has 0 bridgehead atoms. The Kier molecular flexibility index (Phi) is 4.57. The van der Waals surface area contributed by atoms with Gasteiger partial charge >= 0.3 is 5.97 Å². The predicted molar refractivity (Wildman–Crippen MR) is 89.8 cm³/mol. The number of aromatic nitrogens is 1. The van der Waals surface area contributed by atoms with Crippen LogP contribution in [-0.4, -0.2) is 40.3 Å². The summed E-state index contributed by atoms with van der Waals surface area (Å²) in [5.41, 5.74) is 1.71. The Morgan fingerprint density at radius 2 is 2.17 bits per heavy atom. The molecule has 1 aliphatic heterocycles. The van der Waals surface area contributed by atoms with E-state index < -0.39 is 18.5 Å². The van der Waals surface area contributed by atoms with E-state index in [0.29, 0.717) is 22.2 Å². The molecule has 1 fully saturated rings.